The first kappa shape index (κ1) is 14.1. The van der Waals surface area contributed by atoms with Crippen molar-refractivity contribution in [1.82, 2.24) is 4.57 Å². The molecule has 0 unspecified atom stereocenters. The minimum absolute atomic E-state index is 0.0224. The van der Waals surface area contributed by atoms with Crippen LogP contribution in [0.5, 0.6) is 0 Å². The normalized spacial score (nSPS) is 11.3. The quantitative estimate of drug-likeness (QED) is 0.515. The van der Waals surface area contributed by atoms with Gasteiger partial charge in [-0.1, -0.05) is 0 Å². The summed E-state index contributed by atoms with van der Waals surface area (Å²) >= 11 is 3.06. The van der Waals surface area contributed by atoms with Crippen LogP contribution in [0.4, 0.5) is 5.69 Å². The SMILES string of the molecule is CC(=CC(=O)O)Cn1cc(Br)cc([N+](=O)[O-])c1=O. The van der Waals surface area contributed by atoms with E-state index in [0.29, 0.717) is 10.0 Å². The van der Waals surface area contributed by atoms with E-state index in [4.69, 9.17) is 5.11 Å². The second-order valence-electron chi connectivity index (χ2n) is 3.56. The van der Waals surface area contributed by atoms with Crippen molar-refractivity contribution < 1.29 is 14.8 Å². The number of aromatic nitrogens is 1. The highest BCUT2D eigenvalue weighted by Gasteiger charge is 2.15. The third kappa shape index (κ3) is 3.52. The Kier molecular flexibility index (Phi) is 4.38. The van der Waals surface area contributed by atoms with Crippen molar-refractivity contribution in [2.75, 3.05) is 0 Å². The van der Waals surface area contributed by atoms with Gasteiger partial charge in [-0.15, -0.1) is 0 Å². The molecule has 0 saturated carbocycles. The molecule has 0 atom stereocenters. The van der Waals surface area contributed by atoms with Gasteiger partial charge in [-0.2, -0.15) is 0 Å². The summed E-state index contributed by atoms with van der Waals surface area (Å²) in [6.07, 6.45) is 2.31. The monoisotopic (exact) mass is 316 g/mol. The van der Waals surface area contributed by atoms with Gasteiger partial charge in [0, 0.05) is 29.4 Å². The second-order valence-corrected chi connectivity index (χ2v) is 4.48. The molecule has 1 rings (SSSR count). The molecule has 0 saturated heterocycles. The van der Waals surface area contributed by atoms with E-state index < -0.39 is 22.1 Å². The highest BCUT2D eigenvalue weighted by molar-refractivity contribution is 9.10. The summed E-state index contributed by atoms with van der Waals surface area (Å²) in [6, 6.07) is 1.11. The molecule has 0 aromatic carbocycles. The van der Waals surface area contributed by atoms with Crippen molar-refractivity contribution in [2.45, 2.75) is 13.5 Å². The summed E-state index contributed by atoms with van der Waals surface area (Å²) in [6.45, 7) is 1.50. The minimum atomic E-state index is -1.13. The average Bonchev–Trinajstić information content (AvgIpc) is 2.21. The number of carbonyl (C=O) groups is 1. The number of halogens is 1. The molecule has 0 aliphatic carbocycles. The fourth-order valence-corrected chi connectivity index (χ4v) is 1.82. The Morgan fingerprint density at radius 3 is 2.78 bits per heavy atom. The third-order valence-corrected chi connectivity index (χ3v) is 2.45. The second kappa shape index (κ2) is 5.58. The molecular weight excluding hydrogens is 308 g/mol. The predicted molar refractivity (Wildman–Crippen MR) is 66.4 cm³/mol. The Bertz CT molecular complexity index is 590. The van der Waals surface area contributed by atoms with E-state index in [-0.39, 0.29) is 6.54 Å². The topological polar surface area (TPSA) is 102 Å². The Labute approximate surface area is 110 Å². The summed E-state index contributed by atoms with van der Waals surface area (Å²) in [5, 5.41) is 19.2. The number of pyridine rings is 1. The van der Waals surface area contributed by atoms with E-state index in [1.807, 2.05) is 0 Å². The minimum Gasteiger partial charge on any atom is -0.478 e. The maximum absolute atomic E-state index is 11.7. The van der Waals surface area contributed by atoms with Gasteiger partial charge in [-0.25, -0.2) is 4.79 Å². The zero-order valence-electron chi connectivity index (χ0n) is 9.29. The molecule has 0 amide bonds. The summed E-state index contributed by atoms with van der Waals surface area (Å²) < 4.78 is 1.45. The number of carboxylic acid groups (broad SMARTS) is 1. The van der Waals surface area contributed by atoms with Gasteiger partial charge in [0.25, 0.3) is 0 Å². The summed E-state index contributed by atoms with van der Waals surface area (Å²) in [7, 11) is 0. The smallest absolute Gasteiger partial charge is 0.335 e. The number of allylic oxidation sites excluding steroid dienone is 1. The van der Waals surface area contributed by atoms with Crippen molar-refractivity contribution in [3.63, 3.8) is 0 Å². The van der Waals surface area contributed by atoms with E-state index in [1.54, 1.807) is 0 Å². The van der Waals surface area contributed by atoms with E-state index in [9.17, 15) is 19.7 Å². The molecule has 0 aliphatic rings. The van der Waals surface area contributed by atoms with Gasteiger partial charge in [0.15, 0.2) is 0 Å². The highest BCUT2D eigenvalue weighted by atomic mass is 79.9. The van der Waals surface area contributed by atoms with E-state index in [0.717, 1.165) is 16.7 Å². The molecule has 1 N–H and O–H groups in total. The molecule has 18 heavy (non-hydrogen) atoms. The summed E-state index contributed by atoms with van der Waals surface area (Å²) in [4.78, 5) is 32.0. The number of rotatable bonds is 4. The number of carboxylic acids is 1. The van der Waals surface area contributed by atoms with Crippen LogP contribution in [-0.4, -0.2) is 20.6 Å². The van der Waals surface area contributed by atoms with Crippen LogP contribution in [0.2, 0.25) is 0 Å². The standard InChI is InChI=1S/C10H9BrN2O5/c1-6(2-9(14)15)4-12-5-7(11)3-8(10(12)16)13(17)18/h2-3,5H,4H2,1H3,(H,14,15). The molecule has 1 aromatic rings. The van der Waals surface area contributed by atoms with Gasteiger partial charge in [0.1, 0.15) is 0 Å². The van der Waals surface area contributed by atoms with Crippen LogP contribution < -0.4 is 5.56 Å². The highest BCUT2D eigenvalue weighted by Crippen LogP contribution is 2.14. The van der Waals surface area contributed by atoms with Crippen LogP contribution in [0.1, 0.15) is 6.92 Å². The molecule has 8 heteroatoms. The lowest BCUT2D eigenvalue weighted by molar-refractivity contribution is -0.386. The third-order valence-electron chi connectivity index (χ3n) is 2.02. The summed E-state index contributed by atoms with van der Waals surface area (Å²) in [5.74, 6) is -1.13. The average molecular weight is 317 g/mol. The molecule has 0 radical (unpaired) electrons. The van der Waals surface area contributed by atoms with Gasteiger partial charge in [0.05, 0.1) is 4.92 Å². The van der Waals surface area contributed by atoms with Crippen LogP contribution in [0.15, 0.2) is 33.2 Å². The van der Waals surface area contributed by atoms with Crippen LogP contribution in [0.25, 0.3) is 0 Å². The molecule has 1 aromatic heterocycles. The molecule has 0 spiro atoms. The van der Waals surface area contributed by atoms with Crippen molar-refractivity contribution in [3.05, 3.63) is 48.9 Å². The molecule has 96 valence electrons. The molecule has 0 aliphatic heterocycles. The number of hydrogen-bond donors (Lipinski definition) is 1. The van der Waals surface area contributed by atoms with Crippen molar-refractivity contribution in [3.8, 4) is 0 Å². The predicted octanol–water partition coefficient (Wildman–Crippen LogP) is 1.55. The first-order chi connectivity index (χ1) is 8.31. The van der Waals surface area contributed by atoms with Crippen LogP contribution >= 0.6 is 15.9 Å². The Morgan fingerprint density at radius 2 is 2.28 bits per heavy atom. The van der Waals surface area contributed by atoms with Crippen molar-refractivity contribution in [1.29, 1.82) is 0 Å². The Balaban J connectivity index is 3.22. The van der Waals surface area contributed by atoms with Gasteiger partial charge in [-0.3, -0.25) is 14.9 Å². The van der Waals surface area contributed by atoms with Crippen molar-refractivity contribution in [2.24, 2.45) is 0 Å². The Morgan fingerprint density at radius 1 is 1.67 bits per heavy atom. The first-order valence-corrected chi connectivity index (χ1v) is 5.55. The molecule has 0 fully saturated rings. The van der Waals surface area contributed by atoms with E-state index in [2.05, 4.69) is 15.9 Å². The molecule has 1 heterocycles. The van der Waals surface area contributed by atoms with Gasteiger partial charge in [0.2, 0.25) is 0 Å². The fourth-order valence-electron chi connectivity index (χ4n) is 1.36. The maximum Gasteiger partial charge on any atom is 0.335 e. The van der Waals surface area contributed by atoms with Crippen LogP contribution in [-0.2, 0) is 11.3 Å². The number of nitro groups is 1. The lowest BCUT2D eigenvalue weighted by atomic mass is 10.2. The number of aliphatic carboxylic acids is 1. The largest absolute Gasteiger partial charge is 0.478 e. The number of nitrogens with zero attached hydrogens (tertiary/aromatic N) is 2. The molecule has 0 bridgehead atoms. The molecule has 7 nitrogen and oxygen atoms in total. The zero-order valence-corrected chi connectivity index (χ0v) is 10.9. The Hall–Kier alpha value is -1.96. The molecular formula is C10H9BrN2O5. The summed E-state index contributed by atoms with van der Waals surface area (Å²) in [5.41, 5.74) is -0.939. The fraction of sp³-hybridized carbons (Fsp3) is 0.200. The number of hydrogen-bond acceptors (Lipinski definition) is 4. The first-order valence-electron chi connectivity index (χ1n) is 4.75. The zero-order chi connectivity index (χ0) is 13.9. The maximum atomic E-state index is 11.7. The van der Waals surface area contributed by atoms with Gasteiger partial charge < -0.3 is 9.67 Å². The van der Waals surface area contributed by atoms with Crippen LogP contribution in [0, 0.1) is 10.1 Å². The van der Waals surface area contributed by atoms with E-state index >= 15 is 0 Å². The lowest BCUT2D eigenvalue weighted by Gasteiger charge is -2.06. The van der Waals surface area contributed by atoms with E-state index in [1.165, 1.54) is 13.1 Å². The van der Waals surface area contributed by atoms with Gasteiger partial charge in [-0.05, 0) is 28.4 Å². The van der Waals surface area contributed by atoms with Crippen molar-refractivity contribution >= 4 is 27.6 Å². The van der Waals surface area contributed by atoms with Crippen LogP contribution in [0.3, 0.4) is 0 Å². The lowest BCUT2D eigenvalue weighted by Crippen LogP contribution is -2.22. The van der Waals surface area contributed by atoms with Gasteiger partial charge >= 0.3 is 17.2 Å².